The van der Waals surface area contributed by atoms with Crippen molar-refractivity contribution in [3.05, 3.63) is 10.4 Å². The summed E-state index contributed by atoms with van der Waals surface area (Å²) < 4.78 is 5.63. The SMILES string of the molecule is CCCCO[C@H]1CCC[C@H](O)[C@H]1N=[N+]=[N-]. The molecule has 0 radical (unpaired) electrons. The number of nitrogens with zero attached hydrogens (tertiary/aromatic N) is 3. The fourth-order valence-corrected chi connectivity index (χ4v) is 1.89. The lowest BCUT2D eigenvalue weighted by molar-refractivity contribution is -0.0323. The molecule has 0 aromatic rings. The summed E-state index contributed by atoms with van der Waals surface area (Å²) >= 11 is 0. The van der Waals surface area contributed by atoms with Gasteiger partial charge >= 0.3 is 0 Å². The first-order valence-electron chi connectivity index (χ1n) is 5.63. The molecule has 0 unspecified atom stereocenters. The smallest absolute Gasteiger partial charge is 0.0895 e. The second-order valence-corrected chi connectivity index (χ2v) is 3.96. The molecule has 0 saturated heterocycles. The maximum Gasteiger partial charge on any atom is 0.0895 e. The number of hydrogen-bond donors (Lipinski definition) is 1. The molecule has 5 heteroatoms. The predicted molar refractivity (Wildman–Crippen MR) is 57.4 cm³/mol. The molecule has 1 fully saturated rings. The van der Waals surface area contributed by atoms with Gasteiger partial charge in [-0.1, -0.05) is 18.5 Å². The van der Waals surface area contributed by atoms with Crippen molar-refractivity contribution in [1.29, 1.82) is 0 Å². The Balaban J connectivity index is 2.46. The first-order chi connectivity index (χ1) is 7.29. The third kappa shape index (κ3) is 3.70. The lowest BCUT2D eigenvalue weighted by Gasteiger charge is -2.32. The second kappa shape index (κ2) is 6.67. The number of rotatable bonds is 5. The van der Waals surface area contributed by atoms with Gasteiger partial charge in [0, 0.05) is 11.5 Å². The van der Waals surface area contributed by atoms with Gasteiger partial charge in [0.25, 0.3) is 0 Å². The Morgan fingerprint density at radius 1 is 1.53 bits per heavy atom. The molecule has 1 N–H and O–H groups in total. The van der Waals surface area contributed by atoms with Crippen molar-refractivity contribution in [2.24, 2.45) is 5.11 Å². The summed E-state index contributed by atoms with van der Waals surface area (Å²) in [5.41, 5.74) is 8.42. The molecule has 1 aliphatic carbocycles. The molecule has 0 aliphatic heterocycles. The van der Waals surface area contributed by atoms with Crippen LogP contribution in [0.5, 0.6) is 0 Å². The molecular formula is C10H19N3O2. The highest BCUT2D eigenvalue weighted by Gasteiger charge is 2.31. The number of azide groups is 1. The normalized spacial score (nSPS) is 30.9. The van der Waals surface area contributed by atoms with Crippen LogP contribution in [0, 0.1) is 0 Å². The Morgan fingerprint density at radius 2 is 2.33 bits per heavy atom. The van der Waals surface area contributed by atoms with Crippen LogP contribution in [0.25, 0.3) is 10.4 Å². The van der Waals surface area contributed by atoms with E-state index in [2.05, 4.69) is 16.9 Å². The summed E-state index contributed by atoms with van der Waals surface area (Å²) in [6.45, 7) is 2.79. The molecule has 1 saturated carbocycles. The highest BCUT2D eigenvalue weighted by molar-refractivity contribution is 4.88. The fourth-order valence-electron chi connectivity index (χ4n) is 1.89. The molecule has 0 amide bonds. The quantitative estimate of drug-likeness (QED) is 0.329. The zero-order chi connectivity index (χ0) is 11.1. The Morgan fingerprint density at radius 3 is 3.00 bits per heavy atom. The highest BCUT2D eigenvalue weighted by Crippen LogP contribution is 2.24. The van der Waals surface area contributed by atoms with E-state index in [0.717, 1.165) is 25.7 Å². The highest BCUT2D eigenvalue weighted by atomic mass is 16.5. The molecule has 1 rings (SSSR count). The van der Waals surface area contributed by atoms with Crippen LogP contribution in [0.4, 0.5) is 0 Å². The molecule has 5 nitrogen and oxygen atoms in total. The van der Waals surface area contributed by atoms with Gasteiger partial charge in [0.1, 0.15) is 0 Å². The van der Waals surface area contributed by atoms with Crippen LogP contribution in [0.15, 0.2) is 5.11 Å². The zero-order valence-corrected chi connectivity index (χ0v) is 9.17. The van der Waals surface area contributed by atoms with Crippen LogP contribution in [0.3, 0.4) is 0 Å². The van der Waals surface area contributed by atoms with Gasteiger partial charge in [0.2, 0.25) is 0 Å². The van der Waals surface area contributed by atoms with Gasteiger partial charge in [-0.25, -0.2) is 0 Å². The van der Waals surface area contributed by atoms with Crippen LogP contribution >= 0.6 is 0 Å². The summed E-state index contributed by atoms with van der Waals surface area (Å²) in [6, 6.07) is -0.402. The first kappa shape index (κ1) is 12.3. The molecule has 1 aliphatic rings. The van der Waals surface area contributed by atoms with Crippen molar-refractivity contribution in [1.82, 2.24) is 0 Å². The Kier molecular flexibility index (Phi) is 5.47. The minimum absolute atomic E-state index is 0.101. The molecule has 0 bridgehead atoms. The Labute approximate surface area is 90.1 Å². The van der Waals surface area contributed by atoms with Gasteiger partial charge in [-0.2, -0.15) is 0 Å². The monoisotopic (exact) mass is 213 g/mol. The maximum atomic E-state index is 9.68. The first-order valence-corrected chi connectivity index (χ1v) is 5.63. The number of aliphatic hydroxyl groups excluding tert-OH is 1. The van der Waals surface area contributed by atoms with E-state index >= 15 is 0 Å². The molecular weight excluding hydrogens is 194 g/mol. The summed E-state index contributed by atoms with van der Waals surface area (Å²) in [7, 11) is 0. The van der Waals surface area contributed by atoms with Gasteiger partial charge < -0.3 is 9.84 Å². The lowest BCUT2D eigenvalue weighted by Crippen LogP contribution is -2.41. The van der Waals surface area contributed by atoms with Crippen molar-refractivity contribution in [3.63, 3.8) is 0 Å². The number of ether oxygens (including phenoxy) is 1. The van der Waals surface area contributed by atoms with E-state index in [-0.39, 0.29) is 6.10 Å². The summed E-state index contributed by atoms with van der Waals surface area (Å²) in [5.74, 6) is 0. The number of unbranched alkanes of at least 4 members (excludes halogenated alkanes) is 1. The minimum atomic E-state index is -0.540. The number of aliphatic hydroxyl groups is 1. The van der Waals surface area contributed by atoms with Gasteiger partial charge in [0.05, 0.1) is 18.2 Å². The molecule has 0 heterocycles. The molecule has 3 atom stereocenters. The lowest BCUT2D eigenvalue weighted by atomic mass is 9.90. The maximum absolute atomic E-state index is 9.68. The van der Waals surface area contributed by atoms with E-state index in [4.69, 9.17) is 10.3 Å². The molecule has 86 valence electrons. The average molecular weight is 213 g/mol. The van der Waals surface area contributed by atoms with Crippen molar-refractivity contribution < 1.29 is 9.84 Å². The van der Waals surface area contributed by atoms with Crippen LogP contribution in [0.1, 0.15) is 39.0 Å². The van der Waals surface area contributed by atoms with Crippen molar-refractivity contribution >= 4 is 0 Å². The number of hydrogen-bond acceptors (Lipinski definition) is 3. The van der Waals surface area contributed by atoms with Gasteiger partial charge in [-0.15, -0.1) is 0 Å². The fraction of sp³-hybridized carbons (Fsp3) is 1.00. The van der Waals surface area contributed by atoms with Gasteiger partial charge in [-0.3, -0.25) is 0 Å². The van der Waals surface area contributed by atoms with Crippen LogP contribution in [-0.2, 0) is 4.74 Å². The molecule has 0 spiro atoms. The largest absolute Gasteiger partial charge is 0.393 e. The Hall–Kier alpha value is -0.770. The topological polar surface area (TPSA) is 78.2 Å². The van der Waals surface area contributed by atoms with Gasteiger partial charge in [0.15, 0.2) is 0 Å². The van der Waals surface area contributed by atoms with Gasteiger partial charge in [-0.05, 0) is 31.2 Å². The van der Waals surface area contributed by atoms with Crippen LogP contribution in [-0.4, -0.2) is 30.0 Å². The van der Waals surface area contributed by atoms with E-state index in [0.29, 0.717) is 13.0 Å². The van der Waals surface area contributed by atoms with E-state index in [1.807, 2.05) is 0 Å². The van der Waals surface area contributed by atoms with Crippen molar-refractivity contribution in [2.75, 3.05) is 6.61 Å². The third-order valence-electron chi connectivity index (χ3n) is 2.78. The predicted octanol–water partition coefficient (Wildman–Crippen LogP) is 2.40. The summed E-state index contributed by atoms with van der Waals surface area (Å²) in [5, 5.41) is 13.3. The summed E-state index contributed by atoms with van der Waals surface area (Å²) in [4.78, 5) is 2.77. The molecule has 15 heavy (non-hydrogen) atoms. The average Bonchev–Trinajstić information content (AvgIpc) is 2.23. The van der Waals surface area contributed by atoms with E-state index in [1.165, 1.54) is 0 Å². The summed E-state index contributed by atoms with van der Waals surface area (Å²) in [6.07, 6.45) is 3.98. The van der Waals surface area contributed by atoms with Crippen LogP contribution < -0.4 is 0 Å². The zero-order valence-electron chi connectivity index (χ0n) is 9.17. The molecule has 0 aromatic carbocycles. The molecule has 0 aromatic heterocycles. The minimum Gasteiger partial charge on any atom is -0.393 e. The standard InChI is InChI=1S/C10H19N3O2/c1-2-3-7-15-9-6-4-5-8(14)10(9)12-13-11/h8-10,14H,2-7H2,1H3/t8-,9-,10+/m0/s1. The van der Waals surface area contributed by atoms with E-state index in [1.54, 1.807) is 0 Å². The Bertz CT molecular complexity index is 229. The van der Waals surface area contributed by atoms with Crippen molar-refractivity contribution in [3.8, 4) is 0 Å². The van der Waals surface area contributed by atoms with E-state index in [9.17, 15) is 5.11 Å². The second-order valence-electron chi connectivity index (χ2n) is 3.96. The van der Waals surface area contributed by atoms with E-state index < -0.39 is 12.1 Å². The van der Waals surface area contributed by atoms with Crippen molar-refractivity contribution in [2.45, 2.75) is 57.3 Å². The van der Waals surface area contributed by atoms with Crippen LogP contribution in [0.2, 0.25) is 0 Å². The third-order valence-corrected chi connectivity index (χ3v) is 2.78.